The number of hydrogen-bond donors (Lipinski definition) is 1. The van der Waals surface area contributed by atoms with Crippen LogP contribution in [0.4, 0.5) is 4.39 Å². The van der Waals surface area contributed by atoms with Crippen LogP contribution in [-0.4, -0.2) is 19.7 Å². The van der Waals surface area contributed by atoms with E-state index in [4.69, 9.17) is 16.3 Å². The van der Waals surface area contributed by atoms with Gasteiger partial charge < -0.3 is 10.1 Å². The quantitative estimate of drug-likeness (QED) is 0.745. The van der Waals surface area contributed by atoms with Crippen molar-refractivity contribution in [2.24, 2.45) is 0 Å². The number of rotatable bonds is 7. The summed E-state index contributed by atoms with van der Waals surface area (Å²) < 4.78 is 18.2. The second-order valence-electron chi connectivity index (χ2n) is 3.48. The van der Waals surface area contributed by atoms with Gasteiger partial charge in [0.15, 0.2) is 0 Å². The zero-order valence-electron chi connectivity index (χ0n) is 9.43. The molecule has 0 bridgehead atoms. The lowest BCUT2D eigenvalue weighted by atomic mass is 10.3. The summed E-state index contributed by atoms with van der Waals surface area (Å²) in [5, 5.41) is 3.56. The van der Waals surface area contributed by atoms with E-state index in [0.717, 1.165) is 25.9 Å². The Kier molecular flexibility index (Phi) is 6.19. The summed E-state index contributed by atoms with van der Waals surface area (Å²) >= 11 is 5.81. The highest BCUT2D eigenvalue weighted by Crippen LogP contribution is 2.24. The molecule has 0 atom stereocenters. The first kappa shape index (κ1) is 13.3. The van der Waals surface area contributed by atoms with E-state index in [1.165, 1.54) is 12.1 Å². The number of unbranched alkanes of at least 4 members (excludes halogenated alkanes) is 1. The summed E-state index contributed by atoms with van der Waals surface area (Å²) in [7, 11) is 0. The predicted octanol–water partition coefficient (Wildman–Crippen LogP) is 3.25. The van der Waals surface area contributed by atoms with E-state index >= 15 is 0 Å². The molecule has 2 nitrogen and oxygen atoms in total. The third-order valence-corrected chi connectivity index (χ3v) is 2.44. The first-order valence-electron chi connectivity index (χ1n) is 5.52. The van der Waals surface area contributed by atoms with Crippen LogP contribution in [0.2, 0.25) is 5.02 Å². The van der Waals surface area contributed by atoms with Gasteiger partial charge in [0.25, 0.3) is 0 Å². The molecule has 0 spiro atoms. The van der Waals surface area contributed by atoms with E-state index in [0.29, 0.717) is 17.4 Å². The predicted molar refractivity (Wildman–Crippen MR) is 64.7 cm³/mol. The minimum atomic E-state index is -0.343. The van der Waals surface area contributed by atoms with E-state index in [9.17, 15) is 4.39 Å². The van der Waals surface area contributed by atoms with Crippen LogP contribution in [0, 0.1) is 5.82 Å². The van der Waals surface area contributed by atoms with Gasteiger partial charge in [0, 0.05) is 0 Å². The SMILES string of the molecule is CCNCCCCOc1ccc(F)cc1Cl. The fraction of sp³-hybridized carbons (Fsp3) is 0.500. The Morgan fingerprint density at radius 1 is 1.38 bits per heavy atom. The Balaban J connectivity index is 2.21. The van der Waals surface area contributed by atoms with Crippen molar-refractivity contribution in [1.29, 1.82) is 0 Å². The second kappa shape index (κ2) is 7.47. The van der Waals surface area contributed by atoms with Gasteiger partial charge in [0.05, 0.1) is 11.6 Å². The van der Waals surface area contributed by atoms with Gasteiger partial charge >= 0.3 is 0 Å². The van der Waals surface area contributed by atoms with Crippen molar-refractivity contribution in [2.45, 2.75) is 19.8 Å². The first-order chi connectivity index (χ1) is 7.74. The molecule has 1 rings (SSSR count). The molecule has 0 radical (unpaired) electrons. The fourth-order valence-corrected chi connectivity index (χ4v) is 1.53. The molecule has 90 valence electrons. The zero-order chi connectivity index (χ0) is 11.8. The van der Waals surface area contributed by atoms with E-state index in [2.05, 4.69) is 12.2 Å². The smallest absolute Gasteiger partial charge is 0.138 e. The number of nitrogens with one attached hydrogen (secondary N) is 1. The van der Waals surface area contributed by atoms with Gasteiger partial charge in [0.2, 0.25) is 0 Å². The average Bonchev–Trinajstić information content (AvgIpc) is 2.26. The van der Waals surface area contributed by atoms with Crippen molar-refractivity contribution in [3.05, 3.63) is 29.0 Å². The molecule has 16 heavy (non-hydrogen) atoms. The Labute approximate surface area is 101 Å². The molecular formula is C12H17ClFNO. The van der Waals surface area contributed by atoms with Crippen molar-refractivity contribution in [2.75, 3.05) is 19.7 Å². The molecule has 0 saturated heterocycles. The normalized spacial score (nSPS) is 10.4. The summed E-state index contributed by atoms with van der Waals surface area (Å²) in [6, 6.07) is 4.16. The maximum absolute atomic E-state index is 12.7. The van der Waals surface area contributed by atoms with Crippen molar-refractivity contribution in [3.63, 3.8) is 0 Å². The molecule has 1 aromatic carbocycles. The summed E-state index contributed by atoms with van der Waals surface area (Å²) in [5.74, 6) is 0.205. The highest BCUT2D eigenvalue weighted by Gasteiger charge is 2.02. The van der Waals surface area contributed by atoms with Crippen LogP contribution < -0.4 is 10.1 Å². The van der Waals surface area contributed by atoms with Gasteiger partial charge in [-0.3, -0.25) is 0 Å². The van der Waals surface area contributed by atoms with Crippen LogP contribution in [0.3, 0.4) is 0 Å². The minimum absolute atomic E-state index is 0.326. The molecule has 0 heterocycles. The van der Waals surface area contributed by atoms with Crippen molar-refractivity contribution >= 4 is 11.6 Å². The number of benzene rings is 1. The van der Waals surface area contributed by atoms with Gasteiger partial charge in [-0.25, -0.2) is 4.39 Å². The lowest BCUT2D eigenvalue weighted by Crippen LogP contribution is -2.14. The highest BCUT2D eigenvalue weighted by atomic mass is 35.5. The van der Waals surface area contributed by atoms with E-state index in [1.807, 2.05) is 0 Å². The number of halogens is 2. The van der Waals surface area contributed by atoms with Gasteiger partial charge in [-0.2, -0.15) is 0 Å². The highest BCUT2D eigenvalue weighted by molar-refractivity contribution is 6.32. The van der Waals surface area contributed by atoms with E-state index in [1.54, 1.807) is 6.07 Å². The maximum atomic E-state index is 12.7. The molecule has 0 unspecified atom stereocenters. The molecule has 0 aliphatic heterocycles. The van der Waals surface area contributed by atoms with Gasteiger partial charge in [-0.15, -0.1) is 0 Å². The molecule has 0 saturated carbocycles. The Morgan fingerprint density at radius 3 is 2.88 bits per heavy atom. The van der Waals surface area contributed by atoms with Crippen LogP contribution in [-0.2, 0) is 0 Å². The van der Waals surface area contributed by atoms with Crippen molar-refractivity contribution in [3.8, 4) is 5.75 Å². The Bertz CT molecular complexity index is 320. The van der Waals surface area contributed by atoms with Crippen LogP contribution in [0.1, 0.15) is 19.8 Å². The van der Waals surface area contributed by atoms with Crippen LogP contribution in [0.5, 0.6) is 5.75 Å². The molecule has 0 fully saturated rings. The molecule has 0 aliphatic carbocycles. The molecule has 4 heteroatoms. The lowest BCUT2D eigenvalue weighted by molar-refractivity contribution is 0.306. The van der Waals surface area contributed by atoms with Crippen LogP contribution in [0.25, 0.3) is 0 Å². The van der Waals surface area contributed by atoms with Crippen molar-refractivity contribution < 1.29 is 9.13 Å². The van der Waals surface area contributed by atoms with Gasteiger partial charge in [-0.05, 0) is 44.1 Å². The number of ether oxygens (including phenoxy) is 1. The Morgan fingerprint density at radius 2 is 2.19 bits per heavy atom. The molecule has 0 aliphatic rings. The molecular weight excluding hydrogens is 229 g/mol. The summed E-state index contributed by atoms with van der Waals surface area (Å²) in [5.41, 5.74) is 0. The summed E-state index contributed by atoms with van der Waals surface area (Å²) in [6.07, 6.45) is 2.02. The fourth-order valence-electron chi connectivity index (χ4n) is 1.30. The second-order valence-corrected chi connectivity index (χ2v) is 3.89. The molecule has 0 aromatic heterocycles. The Hall–Kier alpha value is -0.800. The first-order valence-corrected chi connectivity index (χ1v) is 5.90. The zero-order valence-corrected chi connectivity index (χ0v) is 10.2. The monoisotopic (exact) mass is 245 g/mol. The van der Waals surface area contributed by atoms with Gasteiger partial charge in [-0.1, -0.05) is 18.5 Å². The largest absolute Gasteiger partial charge is 0.492 e. The summed E-state index contributed by atoms with van der Waals surface area (Å²) in [4.78, 5) is 0. The summed E-state index contributed by atoms with van der Waals surface area (Å²) in [6.45, 7) is 4.67. The molecule has 0 amide bonds. The third kappa shape index (κ3) is 4.81. The third-order valence-electron chi connectivity index (χ3n) is 2.15. The van der Waals surface area contributed by atoms with Crippen molar-refractivity contribution in [1.82, 2.24) is 5.32 Å². The minimum Gasteiger partial charge on any atom is -0.492 e. The number of hydrogen-bond acceptors (Lipinski definition) is 2. The molecule has 1 aromatic rings. The van der Waals surface area contributed by atoms with Crippen LogP contribution >= 0.6 is 11.6 Å². The maximum Gasteiger partial charge on any atom is 0.138 e. The average molecular weight is 246 g/mol. The molecule has 1 N–H and O–H groups in total. The van der Waals surface area contributed by atoms with E-state index in [-0.39, 0.29) is 5.82 Å². The van der Waals surface area contributed by atoms with E-state index < -0.39 is 0 Å². The van der Waals surface area contributed by atoms with Crippen LogP contribution in [0.15, 0.2) is 18.2 Å². The van der Waals surface area contributed by atoms with Gasteiger partial charge in [0.1, 0.15) is 11.6 Å². The standard InChI is InChI=1S/C12H17ClFNO/c1-2-15-7-3-4-8-16-12-6-5-10(14)9-11(12)13/h5-6,9,15H,2-4,7-8H2,1H3. The topological polar surface area (TPSA) is 21.3 Å². The lowest BCUT2D eigenvalue weighted by Gasteiger charge is -2.07.